The molecule has 0 spiro atoms. The second-order valence-electron chi connectivity index (χ2n) is 1.57. The van der Waals surface area contributed by atoms with Crippen molar-refractivity contribution in [2.45, 2.75) is 0 Å². The molecule has 2 heteroatoms. The molecule has 0 aliphatic carbocycles. The van der Waals surface area contributed by atoms with Crippen molar-refractivity contribution in [3.05, 3.63) is 28.5 Å². The Morgan fingerprint density at radius 3 is 3.11 bits per heavy atom. The van der Waals surface area contributed by atoms with Gasteiger partial charge in [-0.15, -0.1) is 11.3 Å². The Balaban J connectivity index is 2.57. The first-order valence-electron chi connectivity index (χ1n) is 2.69. The van der Waals surface area contributed by atoms with E-state index in [1.165, 1.54) is 4.88 Å². The van der Waals surface area contributed by atoms with Crippen LogP contribution in [0.3, 0.4) is 0 Å². The molecule has 9 heavy (non-hydrogen) atoms. The molecule has 0 N–H and O–H groups in total. The zero-order chi connectivity index (χ0) is 6.53. The Labute approximate surface area is 67.3 Å². The number of hydrogen-bond donors (Lipinski definition) is 0. The topological polar surface area (TPSA) is 0 Å². The third-order valence-electron chi connectivity index (χ3n) is 0.914. The number of allylic oxidation sites excluding steroid dienone is 1. The van der Waals surface area contributed by atoms with Gasteiger partial charge in [0.15, 0.2) is 0 Å². The molecule has 0 aliphatic heterocycles. The number of alkyl halides is 1. The number of thiophene rings is 1. The van der Waals surface area contributed by atoms with E-state index in [2.05, 4.69) is 45.6 Å². The van der Waals surface area contributed by atoms with E-state index in [9.17, 15) is 0 Å². The normalized spacial score (nSPS) is 10.8. The summed E-state index contributed by atoms with van der Waals surface area (Å²) in [4.78, 5) is 1.31. The molecular weight excluding hydrogens is 196 g/mol. The Morgan fingerprint density at radius 2 is 2.56 bits per heavy atom. The van der Waals surface area contributed by atoms with Crippen molar-refractivity contribution in [3.8, 4) is 0 Å². The molecule has 0 amide bonds. The monoisotopic (exact) mass is 202 g/mol. The highest BCUT2D eigenvalue weighted by Gasteiger charge is 1.81. The quantitative estimate of drug-likeness (QED) is 0.647. The third-order valence-corrected chi connectivity index (χ3v) is 2.13. The van der Waals surface area contributed by atoms with Gasteiger partial charge < -0.3 is 0 Å². The molecule has 0 saturated carbocycles. The Hall–Kier alpha value is -0.0800. The minimum atomic E-state index is 0.935. The zero-order valence-corrected chi connectivity index (χ0v) is 7.28. The predicted octanol–water partition coefficient (Wildman–Crippen LogP) is 3.16. The highest BCUT2D eigenvalue weighted by Crippen LogP contribution is 2.09. The van der Waals surface area contributed by atoms with Gasteiger partial charge >= 0.3 is 0 Å². The molecule has 1 heterocycles. The van der Waals surface area contributed by atoms with Gasteiger partial charge in [-0.1, -0.05) is 28.1 Å². The molecule has 1 aromatic rings. The molecule has 0 fully saturated rings. The maximum absolute atomic E-state index is 3.31. The number of hydrogen-bond acceptors (Lipinski definition) is 1. The van der Waals surface area contributed by atoms with Gasteiger partial charge in [0.25, 0.3) is 0 Å². The summed E-state index contributed by atoms with van der Waals surface area (Å²) in [5.41, 5.74) is 0. The van der Waals surface area contributed by atoms with Crippen molar-refractivity contribution in [2.75, 3.05) is 5.33 Å². The van der Waals surface area contributed by atoms with E-state index in [0.29, 0.717) is 0 Å². The molecule has 0 unspecified atom stereocenters. The van der Waals surface area contributed by atoms with Gasteiger partial charge in [0, 0.05) is 10.2 Å². The first-order valence-corrected chi connectivity index (χ1v) is 4.69. The molecule has 0 nitrogen and oxygen atoms in total. The van der Waals surface area contributed by atoms with E-state index < -0.39 is 0 Å². The number of rotatable bonds is 2. The van der Waals surface area contributed by atoms with Crippen LogP contribution in [0.5, 0.6) is 0 Å². The van der Waals surface area contributed by atoms with Crippen LogP contribution in [0.25, 0.3) is 6.08 Å². The van der Waals surface area contributed by atoms with E-state index in [0.717, 1.165) is 5.33 Å². The second-order valence-corrected chi connectivity index (χ2v) is 3.20. The highest BCUT2D eigenvalue weighted by atomic mass is 79.9. The van der Waals surface area contributed by atoms with Crippen molar-refractivity contribution < 1.29 is 0 Å². The van der Waals surface area contributed by atoms with E-state index >= 15 is 0 Å². The van der Waals surface area contributed by atoms with Crippen LogP contribution in [0.15, 0.2) is 23.6 Å². The van der Waals surface area contributed by atoms with Crippen molar-refractivity contribution in [1.82, 2.24) is 0 Å². The smallest absolute Gasteiger partial charge is 0.0267 e. The van der Waals surface area contributed by atoms with Crippen molar-refractivity contribution >= 4 is 33.3 Å². The molecule has 1 rings (SSSR count). The van der Waals surface area contributed by atoms with Crippen LogP contribution in [-0.4, -0.2) is 5.33 Å². The predicted molar refractivity (Wildman–Crippen MR) is 47.1 cm³/mol. The largest absolute Gasteiger partial charge is 0.144 e. The fourth-order valence-corrected chi connectivity index (χ4v) is 1.38. The Morgan fingerprint density at radius 1 is 1.67 bits per heavy atom. The van der Waals surface area contributed by atoms with E-state index in [4.69, 9.17) is 0 Å². The van der Waals surface area contributed by atoms with Crippen LogP contribution in [0.4, 0.5) is 0 Å². The third kappa shape index (κ3) is 2.33. The van der Waals surface area contributed by atoms with Crippen LogP contribution >= 0.6 is 27.3 Å². The van der Waals surface area contributed by atoms with Crippen LogP contribution in [0.1, 0.15) is 4.88 Å². The van der Waals surface area contributed by atoms with Crippen LogP contribution in [0.2, 0.25) is 0 Å². The summed E-state index contributed by atoms with van der Waals surface area (Å²) in [6.07, 6.45) is 4.20. The van der Waals surface area contributed by atoms with Gasteiger partial charge in [0.2, 0.25) is 0 Å². The lowest BCUT2D eigenvalue weighted by atomic mass is 10.4. The average Bonchev–Trinajstić information content (AvgIpc) is 2.34. The standard InChI is InChI=1S/C7H7BrS/c8-5-1-3-7-4-2-6-9-7/h1-4,6H,5H2/b3-1+. The summed E-state index contributed by atoms with van der Waals surface area (Å²) in [5.74, 6) is 0. The zero-order valence-electron chi connectivity index (χ0n) is 4.88. The fraction of sp³-hybridized carbons (Fsp3) is 0.143. The molecule has 1 aromatic heterocycles. The van der Waals surface area contributed by atoms with Gasteiger partial charge in [-0.3, -0.25) is 0 Å². The maximum Gasteiger partial charge on any atom is 0.0267 e. The van der Waals surface area contributed by atoms with Gasteiger partial charge in [-0.2, -0.15) is 0 Å². The van der Waals surface area contributed by atoms with Crippen molar-refractivity contribution in [2.24, 2.45) is 0 Å². The maximum atomic E-state index is 3.31. The first kappa shape index (κ1) is 7.03. The molecule has 0 atom stereocenters. The lowest BCUT2D eigenvalue weighted by Gasteiger charge is -1.78. The van der Waals surface area contributed by atoms with Crippen molar-refractivity contribution in [1.29, 1.82) is 0 Å². The van der Waals surface area contributed by atoms with Gasteiger partial charge in [0.1, 0.15) is 0 Å². The number of halogens is 1. The van der Waals surface area contributed by atoms with Crippen LogP contribution in [0, 0.1) is 0 Å². The van der Waals surface area contributed by atoms with Gasteiger partial charge in [-0.25, -0.2) is 0 Å². The highest BCUT2D eigenvalue weighted by molar-refractivity contribution is 9.09. The van der Waals surface area contributed by atoms with Gasteiger partial charge in [0.05, 0.1) is 0 Å². The summed E-state index contributed by atoms with van der Waals surface area (Å²) < 4.78 is 0. The summed E-state index contributed by atoms with van der Waals surface area (Å²) in [5, 5.41) is 3.01. The average molecular weight is 203 g/mol. The summed E-state index contributed by atoms with van der Waals surface area (Å²) >= 11 is 5.07. The lowest BCUT2D eigenvalue weighted by Crippen LogP contribution is -1.57. The molecule has 0 saturated heterocycles. The second kappa shape index (κ2) is 3.85. The van der Waals surface area contributed by atoms with Crippen molar-refractivity contribution in [3.63, 3.8) is 0 Å². The molecule has 0 bridgehead atoms. The molecular formula is C7H7BrS. The van der Waals surface area contributed by atoms with Crippen LogP contribution < -0.4 is 0 Å². The Kier molecular flexibility index (Phi) is 3.01. The fourth-order valence-electron chi connectivity index (χ4n) is 0.547. The summed E-state index contributed by atoms with van der Waals surface area (Å²) in [6, 6.07) is 4.16. The molecule has 48 valence electrons. The minimum absolute atomic E-state index is 0.935. The Bertz CT molecular complexity index is 177. The molecule has 0 aromatic carbocycles. The van der Waals surface area contributed by atoms with E-state index in [-0.39, 0.29) is 0 Å². The first-order chi connectivity index (χ1) is 4.43. The molecule has 0 aliphatic rings. The summed E-state index contributed by atoms with van der Waals surface area (Å²) in [6.45, 7) is 0. The van der Waals surface area contributed by atoms with Crippen LogP contribution in [-0.2, 0) is 0 Å². The van der Waals surface area contributed by atoms with Gasteiger partial charge in [-0.05, 0) is 17.5 Å². The van der Waals surface area contributed by atoms with E-state index in [1.54, 1.807) is 11.3 Å². The minimum Gasteiger partial charge on any atom is -0.144 e. The molecule has 0 radical (unpaired) electrons. The summed E-state index contributed by atoms with van der Waals surface area (Å²) in [7, 11) is 0. The SMILES string of the molecule is BrC/C=C/c1cccs1. The lowest BCUT2D eigenvalue weighted by molar-refractivity contribution is 1.84. The van der Waals surface area contributed by atoms with E-state index in [1.807, 2.05) is 0 Å².